The summed E-state index contributed by atoms with van der Waals surface area (Å²) in [6, 6.07) is 21.8. The zero-order valence-electron chi connectivity index (χ0n) is 15.8. The Morgan fingerprint density at radius 3 is 2.83 bits per heavy atom. The first kappa shape index (κ1) is 17.2. The van der Waals surface area contributed by atoms with Gasteiger partial charge in [-0.3, -0.25) is 9.89 Å². The van der Waals surface area contributed by atoms with Gasteiger partial charge in [0.15, 0.2) is 11.5 Å². The molecule has 1 N–H and O–H groups in total. The van der Waals surface area contributed by atoms with Gasteiger partial charge in [0.1, 0.15) is 0 Å². The smallest absolute Gasteiger partial charge is 0.276 e. The molecule has 0 saturated heterocycles. The summed E-state index contributed by atoms with van der Waals surface area (Å²) in [5.74, 6) is 0.368. The molecule has 0 fully saturated rings. The third-order valence-electron chi connectivity index (χ3n) is 5.09. The minimum absolute atomic E-state index is 0.183. The second-order valence-corrected chi connectivity index (χ2v) is 7.05. The van der Waals surface area contributed by atoms with E-state index in [-0.39, 0.29) is 11.6 Å². The van der Waals surface area contributed by atoms with Crippen molar-refractivity contribution in [2.45, 2.75) is 6.54 Å². The third kappa shape index (κ3) is 3.14. The van der Waals surface area contributed by atoms with E-state index in [1.807, 2.05) is 42.5 Å². The topological polar surface area (TPSA) is 75.0 Å². The molecule has 6 heteroatoms. The number of nitrogens with zero attached hydrogens (tertiary/aromatic N) is 3. The lowest BCUT2D eigenvalue weighted by Crippen LogP contribution is -2.26. The van der Waals surface area contributed by atoms with Crippen LogP contribution in [0, 0.1) is 0 Å². The fraction of sp³-hybridized carbons (Fsp3) is 0.0870. The molecule has 0 atom stereocenters. The predicted octanol–water partition coefficient (Wildman–Crippen LogP) is 4.64. The van der Waals surface area contributed by atoms with Gasteiger partial charge in [-0.05, 0) is 34.5 Å². The van der Waals surface area contributed by atoms with Crippen molar-refractivity contribution in [2.75, 3.05) is 7.05 Å². The lowest BCUT2D eigenvalue weighted by Gasteiger charge is -2.17. The average Bonchev–Trinajstić information content (AvgIpc) is 3.42. The zero-order chi connectivity index (χ0) is 19.8. The molecule has 29 heavy (non-hydrogen) atoms. The summed E-state index contributed by atoms with van der Waals surface area (Å²) >= 11 is 0. The number of fused-ring (bicyclic) bond motifs is 2. The first-order chi connectivity index (χ1) is 14.2. The van der Waals surface area contributed by atoms with Crippen LogP contribution in [-0.4, -0.2) is 33.2 Å². The van der Waals surface area contributed by atoms with Gasteiger partial charge in [-0.1, -0.05) is 47.6 Å². The standard InChI is InChI=1S/C23H18N4O2/c1-27(14-17-7-4-6-15-5-2-3-8-19(15)17)23(28)21-12-22(29-26-21)16-9-10-20-18(11-16)13-24-25-20/h2-13H,14H2,1H3,(H,24,25). The predicted molar refractivity (Wildman–Crippen MR) is 111 cm³/mol. The fourth-order valence-corrected chi connectivity index (χ4v) is 3.56. The Bertz CT molecular complexity index is 1330. The summed E-state index contributed by atoms with van der Waals surface area (Å²) in [5, 5.41) is 14.2. The van der Waals surface area contributed by atoms with Gasteiger partial charge in [-0.15, -0.1) is 0 Å². The summed E-state index contributed by atoms with van der Waals surface area (Å²) in [6.45, 7) is 0.489. The minimum Gasteiger partial charge on any atom is -0.355 e. The van der Waals surface area contributed by atoms with E-state index in [2.05, 4.69) is 33.6 Å². The molecule has 5 aromatic rings. The van der Waals surface area contributed by atoms with Crippen molar-refractivity contribution >= 4 is 27.6 Å². The van der Waals surface area contributed by atoms with Gasteiger partial charge >= 0.3 is 0 Å². The van der Waals surface area contributed by atoms with E-state index in [9.17, 15) is 4.79 Å². The molecule has 0 aliphatic carbocycles. The molecule has 6 nitrogen and oxygen atoms in total. The number of carbonyl (C=O) groups is 1. The summed E-state index contributed by atoms with van der Waals surface area (Å²) in [7, 11) is 1.77. The molecule has 0 radical (unpaired) electrons. The first-order valence-corrected chi connectivity index (χ1v) is 9.31. The SMILES string of the molecule is CN(Cc1cccc2ccccc12)C(=O)c1cc(-c2ccc3[nH]ncc3c2)on1. The largest absolute Gasteiger partial charge is 0.355 e. The Morgan fingerprint density at radius 1 is 1.03 bits per heavy atom. The molecule has 0 unspecified atom stereocenters. The number of aromatic nitrogens is 3. The van der Waals surface area contributed by atoms with Crippen LogP contribution in [0.15, 0.2) is 77.4 Å². The third-order valence-corrected chi connectivity index (χ3v) is 5.09. The van der Waals surface area contributed by atoms with Crippen LogP contribution in [0.25, 0.3) is 33.0 Å². The molecule has 1 amide bonds. The van der Waals surface area contributed by atoms with Gasteiger partial charge in [-0.2, -0.15) is 5.10 Å². The van der Waals surface area contributed by atoms with Crippen molar-refractivity contribution in [2.24, 2.45) is 0 Å². The van der Waals surface area contributed by atoms with E-state index in [0.29, 0.717) is 12.3 Å². The zero-order valence-corrected chi connectivity index (χ0v) is 15.8. The van der Waals surface area contributed by atoms with Gasteiger partial charge in [0.25, 0.3) is 5.91 Å². The Balaban J connectivity index is 1.39. The van der Waals surface area contributed by atoms with Gasteiger partial charge in [0.05, 0.1) is 11.7 Å². The number of hydrogen-bond acceptors (Lipinski definition) is 4. The molecule has 0 aliphatic heterocycles. The fourth-order valence-electron chi connectivity index (χ4n) is 3.56. The minimum atomic E-state index is -0.183. The molecule has 142 valence electrons. The molecule has 2 aromatic heterocycles. The first-order valence-electron chi connectivity index (χ1n) is 9.31. The van der Waals surface area contributed by atoms with E-state index >= 15 is 0 Å². The lowest BCUT2D eigenvalue weighted by atomic mass is 10.0. The molecule has 0 bridgehead atoms. The number of amides is 1. The van der Waals surface area contributed by atoms with E-state index in [0.717, 1.165) is 32.8 Å². The Labute approximate surface area is 166 Å². The highest BCUT2D eigenvalue weighted by molar-refractivity contribution is 5.94. The molecular weight excluding hydrogens is 364 g/mol. The molecular formula is C23H18N4O2. The van der Waals surface area contributed by atoms with Gasteiger partial charge in [-0.25, -0.2) is 0 Å². The highest BCUT2D eigenvalue weighted by Crippen LogP contribution is 2.25. The molecule has 5 rings (SSSR count). The average molecular weight is 382 g/mol. The van der Waals surface area contributed by atoms with E-state index in [4.69, 9.17) is 4.52 Å². The van der Waals surface area contributed by atoms with Crippen molar-refractivity contribution in [1.29, 1.82) is 0 Å². The summed E-state index contributed by atoms with van der Waals surface area (Å²) < 4.78 is 5.44. The van der Waals surface area contributed by atoms with Crippen LogP contribution in [0.5, 0.6) is 0 Å². The number of carbonyl (C=O) groups excluding carboxylic acids is 1. The number of nitrogens with one attached hydrogen (secondary N) is 1. The number of aromatic amines is 1. The summed E-state index contributed by atoms with van der Waals surface area (Å²) in [5.41, 5.74) is 3.17. The number of rotatable bonds is 4. The monoisotopic (exact) mass is 382 g/mol. The van der Waals surface area contributed by atoms with Crippen LogP contribution in [0.1, 0.15) is 16.1 Å². The highest BCUT2D eigenvalue weighted by Gasteiger charge is 2.18. The van der Waals surface area contributed by atoms with Crippen LogP contribution in [-0.2, 0) is 6.54 Å². The van der Waals surface area contributed by atoms with Crippen LogP contribution < -0.4 is 0 Å². The maximum Gasteiger partial charge on any atom is 0.276 e. The van der Waals surface area contributed by atoms with Crippen LogP contribution in [0.3, 0.4) is 0 Å². The van der Waals surface area contributed by atoms with E-state index < -0.39 is 0 Å². The van der Waals surface area contributed by atoms with Crippen molar-refractivity contribution in [3.63, 3.8) is 0 Å². The van der Waals surface area contributed by atoms with Crippen LogP contribution in [0.4, 0.5) is 0 Å². The van der Waals surface area contributed by atoms with Crippen LogP contribution in [0.2, 0.25) is 0 Å². The maximum atomic E-state index is 12.9. The highest BCUT2D eigenvalue weighted by atomic mass is 16.5. The summed E-state index contributed by atoms with van der Waals surface area (Å²) in [4.78, 5) is 14.5. The molecule has 3 aromatic carbocycles. The molecule has 0 saturated carbocycles. The maximum absolute atomic E-state index is 12.9. The van der Waals surface area contributed by atoms with E-state index in [1.165, 1.54) is 0 Å². The van der Waals surface area contributed by atoms with Crippen molar-refractivity contribution < 1.29 is 9.32 Å². The van der Waals surface area contributed by atoms with Crippen molar-refractivity contribution in [3.8, 4) is 11.3 Å². The quantitative estimate of drug-likeness (QED) is 0.491. The van der Waals surface area contributed by atoms with Crippen molar-refractivity contribution in [3.05, 3.63) is 84.2 Å². The molecule has 0 spiro atoms. The molecule has 2 heterocycles. The summed E-state index contributed by atoms with van der Waals surface area (Å²) in [6.07, 6.45) is 1.75. The van der Waals surface area contributed by atoms with Crippen molar-refractivity contribution in [1.82, 2.24) is 20.3 Å². The second kappa shape index (κ2) is 6.91. The Hall–Kier alpha value is -3.93. The van der Waals surface area contributed by atoms with Gasteiger partial charge in [0, 0.05) is 30.6 Å². The van der Waals surface area contributed by atoms with Gasteiger partial charge < -0.3 is 9.42 Å². The molecule has 0 aliphatic rings. The number of benzene rings is 3. The second-order valence-electron chi connectivity index (χ2n) is 7.05. The van der Waals surface area contributed by atoms with Crippen LogP contribution >= 0.6 is 0 Å². The lowest BCUT2D eigenvalue weighted by molar-refractivity contribution is 0.0775. The number of H-pyrrole nitrogens is 1. The van der Waals surface area contributed by atoms with E-state index in [1.54, 1.807) is 24.2 Å². The number of hydrogen-bond donors (Lipinski definition) is 1. The Kier molecular flexibility index (Phi) is 4.09. The van der Waals surface area contributed by atoms with Gasteiger partial charge in [0.2, 0.25) is 0 Å². The Morgan fingerprint density at radius 2 is 1.90 bits per heavy atom. The normalized spacial score (nSPS) is 11.2.